The predicted octanol–water partition coefficient (Wildman–Crippen LogP) is 3.56. The van der Waals surface area contributed by atoms with Gasteiger partial charge in [-0.2, -0.15) is 0 Å². The maximum absolute atomic E-state index is 8.80. The molecular formula is C14H28O2Si. The number of rotatable bonds is 6. The van der Waals surface area contributed by atoms with Gasteiger partial charge in [-0.15, -0.1) is 5.92 Å². The first-order valence-corrected chi connectivity index (χ1v) is 9.36. The van der Waals surface area contributed by atoms with Gasteiger partial charge < -0.3 is 9.53 Å². The van der Waals surface area contributed by atoms with E-state index in [9.17, 15) is 0 Å². The van der Waals surface area contributed by atoms with Crippen LogP contribution in [-0.4, -0.2) is 26.1 Å². The van der Waals surface area contributed by atoms with Crippen LogP contribution in [-0.2, 0) is 4.43 Å². The summed E-state index contributed by atoms with van der Waals surface area (Å²) in [4.78, 5) is 0. The number of aliphatic hydroxyl groups excluding tert-OH is 1. The molecule has 1 N–H and O–H groups in total. The Morgan fingerprint density at radius 1 is 1.24 bits per heavy atom. The predicted molar refractivity (Wildman–Crippen MR) is 76.5 cm³/mol. The Kier molecular flexibility index (Phi) is 7.07. The van der Waals surface area contributed by atoms with Crippen molar-refractivity contribution in [3.8, 4) is 11.8 Å². The van der Waals surface area contributed by atoms with Crippen LogP contribution in [0.1, 0.15) is 47.0 Å². The van der Waals surface area contributed by atoms with Gasteiger partial charge in [-0.05, 0) is 44.3 Å². The van der Waals surface area contributed by atoms with Gasteiger partial charge in [0, 0.05) is 6.61 Å². The fraction of sp³-hybridized carbons (Fsp3) is 0.857. The summed E-state index contributed by atoms with van der Waals surface area (Å²) in [6.07, 6.45) is 2.77. The zero-order valence-corrected chi connectivity index (χ0v) is 13.3. The first-order valence-electron chi connectivity index (χ1n) is 6.45. The zero-order valence-electron chi connectivity index (χ0n) is 12.3. The first kappa shape index (κ1) is 16.7. The van der Waals surface area contributed by atoms with Gasteiger partial charge in [0.25, 0.3) is 0 Å². The van der Waals surface area contributed by atoms with Crippen LogP contribution in [0.4, 0.5) is 0 Å². The van der Waals surface area contributed by atoms with Crippen LogP contribution >= 0.6 is 0 Å². The van der Waals surface area contributed by atoms with E-state index in [-0.39, 0.29) is 17.7 Å². The molecule has 0 aliphatic heterocycles. The molecule has 0 rings (SSSR count). The Labute approximate surface area is 108 Å². The minimum Gasteiger partial charge on any atom is -0.403 e. The van der Waals surface area contributed by atoms with Crippen molar-refractivity contribution in [2.45, 2.75) is 71.2 Å². The summed E-state index contributed by atoms with van der Waals surface area (Å²) in [6, 6.07) is 0. The topological polar surface area (TPSA) is 29.5 Å². The highest BCUT2D eigenvalue weighted by Crippen LogP contribution is 2.37. The molecule has 0 aliphatic rings. The van der Waals surface area contributed by atoms with Crippen molar-refractivity contribution in [1.82, 2.24) is 0 Å². The monoisotopic (exact) mass is 256 g/mol. The molecule has 0 bridgehead atoms. The molecule has 1 atom stereocenters. The highest BCUT2D eigenvalue weighted by molar-refractivity contribution is 6.74. The number of hydrogen-bond donors (Lipinski definition) is 1. The lowest BCUT2D eigenvalue weighted by atomic mass is 10.1. The summed E-state index contributed by atoms with van der Waals surface area (Å²) < 4.78 is 6.27. The van der Waals surface area contributed by atoms with Crippen LogP contribution in [0.15, 0.2) is 0 Å². The summed E-state index contributed by atoms with van der Waals surface area (Å²) in [5.74, 6) is 6.10. The normalized spacial score (nSPS) is 14.1. The highest BCUT2D eigenvalue weighted by atomic mass is 28.4. The first-order chi connectivity index (χ1) is 7.74. The summed E-state index contributed by atoms with van der Waals surface area (Å²) >= 11 is 0. The van der Waals surface area contributed by atoms with E-state index in [1.165, 1.54) is 0 Å². The maximum atomic E-state index is 8.80. The third kappa shape index (κ3) is 6.26. The second-order valence-electron chi connectivity index (χ2n) is 5.98. The Balaban J connectivity index is 4.47. The van der Waals surface area contributed by atoms with Crippen LogP contribution in [0.3, 0.4) is 0 Å². The van der Waals surface area contributed by atoms with Crippen LogP contribution in [0.25, 0.3) is 0 Å². The van der Waals surface area contributed by atoms with Gasteiger partial charge in [0.15, 0.2) is 8.32 Å². The molecule has 100 valence electrons. The Morgan fingerprint density at radius 2 is 1.82 bits per heavy atom. The summed E-state index contributed by atoms with van der Waals surface area (Å²) in [5, 5.41) is 9.02. The van der Waals surface area contributed by atoms with Crippen LogP contribution < -0.4 is 0 Å². The van der Waals surface area contributed by atoms with E-state index in [0.717, 1.165) is 19.3 Å². The lowest BCUT2D eigenvalue weighted by Crippen LogP contribution is -2.43. The van der Waals surface area contributed by atoms with Gasteiger partial charge in [-0.25, -0.2) is 0 Å². The third-order valence-electron chi connectivity index (χ3n) is 3.42. The zero-order chi connectivity index (χ0) is 13.5. The minimum absolute atomic E-state index is 0.0347. The van der Waals surface area contributed by atoms with E-state index < -0.39 is 8.32 Å². The smallest absolute Gasteiger partial charge is 0.193 e. The van der Waals surface area contributed by atoms with Crippen molar-refractivity contribution in [1.29, 1.82) is 0 Å². The fourth-order valence-corrected chi connectivity index (χ4v) is 2.54. The van der Waals surface area contributed by atoms with Gasteiger partial charge in [0.1, 0.15) is 6.10 Å². The van der Waals surface area contributed by atoms with Crippen molar-refractivity contribution in [3.05, 3.63) is 0 Å². The quantitative estimate of drug-likeness (QED) is 0.447. The minimum atomic E-state index is -1.73. The molecule has 0 amide bonds. The van der Waals surface area contributed by atoms with Gasteiger partial charge >= 0.3 is 0 Å². The molecule has 0 heterocycles. The molecule has 1 unspecified atom stereocenters. The largest absolute Gasteiger partial charge is 0.403 e. The lowest BCUT2D eigenvalue weighted by Gasteiger charge is -2.38. The molecule has 0 spiro atoms. The second-order valence-corrected chi connectivity index (χ2v) is 10.7. The van der Waals surface area contributed by atoms with Crippen molar-refractivity contribution in [2.75, 3.05) is 6.61 Å². The van der Waals surface area contributed by atoms with Crippen molar-refractivity contribution >= 4 is 8.32 Å². The molecule has 0 fully saturated rings. The van der Waals surface area contributed by atoms with Crippen LogP contribution in [0.5, 0.6) is 0 Å². The molecule has 0 radical (unpaired) electrons. The van der Waals surface area contributed by atoms with E-state index in [1.807, 2.05) is 6.92 Å². The van der Waals surface area contributed by atoms with E-state index in [1.54, 1.807) is 0 Å². The van der Waals surface area contributed by atoms with E-state index in [4.69, 9.17) is 9.53 Å². The molecule has 0 aromatic rings. The molecule has 0 aliphatic carbocycles. The molecule has 17 heavy (non-hydrogen) atoms. The fourth-order valence-electron chi connectivity index (χ4n) is 1.30. The van der Waals surface area contributed by atoms with Crippen LogP contribution in [0.2, 0.25) is 18.1 Å². The standard InChI is InChI=1S/C14H28O2Si/c1-7-10-13(11-8-9-12-15)16-17(5,6)14(2,3)4/h13,15H,8-9,11-12H2,1-6H3. The average Bonchev–Trinajstić information content (AvgIpc) is 2.16. The Bertz CT molecular complexity index is 268. The second kappa shape index (κ2) is 7.20. The Hall–Kier alpha value is -0.303. The number of unbranched alkanes of at least 4 members (excludes halogenated alkanes) is 1. The summed E-state index contributed by atoms with van der Waals surface area (Å²) in [5.41, 5.74) is 0. The molecule has 0 saturated heterocycles. The summed E-state index contributed by atoms with van der Waals surface area (Å²) in [6.45, 7) is 13.3. The maximum Gasteiger partial charge on any atom is 0.193 e. The third-order valence-corrected chi connectivity index (χ3v) is 7.91. The van der Waals surface area contributed by atoms with E-state index in [2.05, 4.69) is 45.7 Å². The van der Waals surface area contributed by atoms with Crippen molar-refractivity contribution in [2.24, 2.45) is 0 Å². The van der Waals surface area contributed by atoms with Gasteiger partial charge in [0.2, 0.25) is 0 Å². The van der Waals surface area contributed by atoms with E-state index >= 15 is 0 Å². The molecule has 2 nitrogen and oxygen atoms in total. The van der Waals surface area contributed by atoms with Gasteiger partial charge in [-0.3, -0.25) is 0 Å². The van der Waals surface area contributed by atoms with Crippen LogP contribution in [0, 0.1) is 11.8 Å². The van der Waals surface area contributed by atoms with E-state index in [0.29, 0.717) is 0 Å². The van der Waals surface area contributed by atoms with Crippen molar-refractivity contribution in [3.63, 3.8) is 0 Å². The number of hydrogen-bond acceptors (Lipinski definition) is 2. The molecule has 3 heteroatoms. The number of aliphatic hydroxyl groups is 1. The SMILES string of the molecule is CC#CC(CCCCO)O[Si](C)(C)C(C)(C)C. The van der Waals surface area contributed by atoms with Gasteiger partial charge in [-0.1, -0.05) is 26.7 Å². The highest BCUT2D eigenvalue weighted by Gasteiger charge is 2.38. The molecule has 0 aromatic carbocycles. The lowest BCUT2D eigenvalue weighted by molar-refractivity contribution is 0.211. The Morgan fingerprint density at radius 3 is 2.24 bits per heavy atom. The van der Waals surface area contributed by atoms with Gasteiger partial charge in [0.05, 0.1) is 0 Å². The van der Waals surface area contributed by atoms with Crippen molar-refractivity contribution < 1.29 is 9.53 Å². The summed E-state index contributed by atoms with van der Waals surface area (Å²) in [7, 11) is -1.73. The molecule has 0 saturated carbocycles. The molecular weight excluding hydrogens is 228 g/mol. The molecule has 0 aromatic heterocycles. The average molecular weight is 256 g/mol.